The van der Waals surface area contributed by atoms with E-state index in [1.807, 2.05) is 19.9 Å². The molecule has 2 aromatic carbocycles. The number of hydrogen-bond donors (Lipinski definition) is 2. The molecule has 8 nitrogen and oxygen atoms in total. The molecule has 2 aliphatic rings. The van der Waals surface area contributed by atoms with Gasteiger partial charge in [0.05, 0.1) is 18.2 Å². The molecule has 1 saturated heterocycles. The lowest BCUT2D eigenvalue weighted by atomic mass is 9.94. The van der Waals surface area contributed by atoms with Crippen LogP contribution in [0, 0.1) is 0 Å². The molecule has 1 fully saturated rings. The van der Waals surface area contributed by atoms with Crippen molar-refractivity contribution in [3.63, 3.8) is 0 Å². The maximum Gasteiger partial charge on any atom is 0.295 e. The van der Waals surface area contributed by atoms with Crippen molar-refractivity contribution in [3.05, 3.63) is 58.7 Å². The van der Waals surface area contributed by atoms with Gasteiger partial charge in [0.2, 0.25) is 0 Å². The number of aromatic hydroxyl groups is 1. The van der Waals surface area contributed by atoms with Crippen LogP contribution in [0.3, 0.4) is 0 Å². The predicted molar refractivity (Wildman–Crippen MR) is 141 cm³/mol. The average Bonchev–Trinajstić information content (AvgIpc) is 3.38. The lowest BCUT2D eigenvalue weighted by molar-refractivity contribution is -0.140. The Morgan fingerprint density at radius 1 is 1.14 bits per heavy atom. The fraction of sp³-hybridized carbons (Fsp3) is 0.448. The Morgan fingerprint density at radius 3 is 2.59 bits per heavy atom. The number of aliphatic hydroxyl groups excluding tert-OH is 1. The fourth-order valence-corrected chi connectivity index (χ4v) is 5.16. The number of phenolic OH excluding ortho intramolecular Hbond substituents is 1. The van der Waals surface area contributed by atoms with E-state index in [9.17, 15) is 19.8 Å². The van der Waals surface area contributed by atoms with Gasteiger partial charge >= 0.3 is 0 Å². The van der Waals surface area contributed by atoms with E-state index in [1.54, 1.807) is 24.3 Å². The summed E-state index contributed by atoms with van der Waals surface area (Å²) in [5, 5.41) is 21.7. The van der Waals surface area contributed by atoms with Crippen LogP contribution in [0.1, 0.15) is 56.8 Å². The number of nitrogens with zero attached hydrogens (tertiary/aromatic N) is 2. The molecule has 2 heterocycles. The Balaban J connectivity index is 1.77. The summed E-state index contributed by atoms with van der Waals surface area (Å²) in [7, 11) is 0. The van der Waals surface area contributed by atoms with E-state index in [0.717, 1.165) is 30.9 Å². The number of benzene rings is 2. The maximum absolute atomic E-state index is 13.4. The average molecular weight is 509 g/mol. The lowest BCUT2D eigenvalue weighted by Gasteiger charge is -2.27. The number of hydrogen-bond acceptors (Lipinski definition) is 7. The molecule has 0 radical (unpaired) electrons. The van der Waals surface area contributed by atoms with Crippen LogP contribution in [-0.2, 0) is 16.0 Å². The van der Waals surface area contributed by atoms with Gasteiger partial charge in [-0.15, -0.1) is 0 Å². The van der Waals surface area contributed by atoms with Crippen LogP contribution in [0.5, 0.6) is 17.2 Å². The highest BCUT2D eigenvalue weighted by molar-refractivity contribution is 6.46. The second-order valence-electron chi connectivity index (χ2n) is 9.49. The number of aliphatic hydroxyl groups is 1. The molecule has 2 aromatic rings. The van der Waals surface area contributed by atoms with Gasteiger partial charge in [-0.05, 0) is 81.4 Å². The Bertz CT molecular complexity index is 1200. The zero-order valence-electron chi connectivity index (χ0n) is 22.0. The van der Waals surface area contributed by atoms with Gasteiger partial charge in [0.25, 0.3) is 11.7 Å². The maximum atomic E-state index is 13.4. The molecular formula is C29H36N2O6. The van der Waals surface area contributed by atoms with Crippen molar-refractivity contribution in [2.24, 2.45) is 0 Å². The summed E-state index contributed by atoms with van der Waals surface area (Å²) in [6.45, 7) is 11.2. The van der Waals surface area contributed by atoms with Crippen molar-refractivity contribution in [3.8, 4) is 17.2 Å². The molecule has 198 valence electrons. The zero-order chi connectivity index (χ0) is 26.7. The molecule has 2 aliphatic heterocycles. The Labute approximate surface area is 218 Å². The Morgan fingerprint density at radius 2 is 1.89 bits per heavy atom. The first kappa shape index (κ1) is 26.5. The van der Waals surface area contributed by atoms with Crippen LogP contribution in [-0.4, -0.2) is 70.6 Å². The van der Waals surface area contributed by atoms with E-state index in [1.165, 1.54) is 11.0 Å². The summed E-state index contributed by atoms with van der Waals surface area (Å²) in [4.78, 5) is 30.4. The normalized spacial score (nSPS) is 20.4. The molecule has 4 rings (SSSR count). The number of carbonyl (C=O) groups excluding carboxylic acids is 2. The molecule has 8 heteroatoms. The molecule has 0 unspecified atom stereocenters. The summed E-state index contributed by atoms with van der Waals surface area (Å²) in [6, 6.07) is 9.30. The monoisotopic (exact) mass is 508 g/mol. The highest BCUT2D eigenvalue weighted by Gasteiger charge is 2.46. The smallest absolute Gasteiger partial charge is 0.295 e. The SMILES string of the molecule is CCOc1cc([C@@H]2C(=C(O)c3ccc4c(c3)C[C@H](C)O4)C(=O)C(=O)N2CCCN(CC)CC)ccc1O. The van der Waals surface area contributed by atoms with Gasteiger partial charge < -0.3 is 29.5 Å². The molecule has 1 amide bonds. The van der Waals surface area contributed by atoms with Crippen LogP contribution in [0.2, 0.25) is 0 Å². The minimum absolute atomic E-state index is 0.0307. The molecule has 0 aliphatic carbocycles. The van der Waals surface area contributed by atoms with Crippen LogP contribution >= 0.6 is 0 Å². The van der Waals surface area contributed by atoms with Crippen molar-refractivity contribution >= 4 is 17.4 Å². The number of ketones is 1. The summed E-state index contributed by atoms with van der Waals surface area (Å²) in [5.74, 6) is -0.591. The highest BCUT2D eigenvalue weighted by Crippen LogP contribution is 2.42. The van der Waals surface area contributed by atoms with Gasteiger partial charge in [0.15, 0.2) is 11.5 Å². The number of ether oxygens (including phenoxy) is 2. The predicted octanol–water partition coefficient (Wildman–Crippen LogP) is 4.27. The number of phenols is 1. The van der Waals surface area contributed by atoms with Crippen molar-refractivity contribution < 1.29 is 29.3 Å². The van der Waals surface area contributed by atoms with Crippen LogP contribution in [0.4, 0.5) is 0 Å². The van der Waals surface area contributed by atoms with Crippen LogP contribution in [0.25, 0.3) is 5.76 Å². The molecular weight excluding hydrogens is 472 g/mol. The quantitative estimate of drug-likeness (QED) is 0.281. The molecule has 2 atom stereocenters. The van der Waals surface area contributed by atoms with Gasteiger partial charge in [0.1, 0.15) is 17.6 Å². The van der Waals surface area contributed by atoms with Gasteiger partial charge in [-0.2, -0.15) is 0 Å². The minimum atomic E-state index is -0.806. The van der Waals surface area contributed by atoms with Crippen molar-refractivity contribution in [2.75, 3.05) is 32.8 Å². The third kappa shape index (κ3) is 5.30. The van der Waals surface area contributed by atoms with Crippen LogP contribution in [0.15, 0.2) is 42.0 Å². The minimum Gasteiger partial charge on any atom is -0.507 e. The molecule has 0 aromatic heterocycles. The number of rotatable bonds is 10. The number of amides is 1. The number of likely N-dealkylation sites (tertiary alicyclic amines) is 1. The number of Topliss-reactive ketones (excluding diaryl/α,β-unsaturated/α-hetero) is 1. The zero-order valence-corrected chi connectivity index (χ0v) is 22.0. The van der Waals surface area contributed by atoms with Gasteiger partial charge in [0, 0.05) is 18.5 Å². The lowest BCUT2D eigenvalue weighted by Crippen LogP contribution is -2.33. The van der Waals surface area contributed by atoms with Crippen molar-refractivity contribution in [1.82, 2.24) is 9.80 Å². The van der Waals surface area contributed by atoms with E-state index < -0.39 is 17.7 Å². The largest absolute Gasteiger partial charge is 0.507 e. The molecule has 2 N–H and O–H groups in total. The first-order valence-corrected chi connectivity index (χ1v) is 13.0. The van der Waals surface area contributed by atoms with E-state index >= 15 is 0 Å². The van der Waals surface area contributed by atoms with Crippen LogP contribution < -0.4 is 9.47 Å². The number of fused-ring (bicyclic) bond motifs is 1. The standard InChI is InChI=1S/C29H36N2O6/c1-5-30(6-2)13-8-14-31-26(19-9-11-22(32)24(17-19)36-7-3)25(28(34)29(31)35)27(33)20-10-12-23-21(16-20)15-18(4)37-23/h9-12,16-18,26,32-33H,5-8,13-15H2,1-4H3/t18-,26+/m0/s1. The third-order valence-corrected chi connectivity index (χ3v) is 7.08. The van der Waals surface area contributed by atoms with Crippen molar-refractivity contribution in [1.29, 1.82) is 0 Å². The molecule has 37 heavy (non-hydrogen) atoms. The summed E-state index contributed by atoms with van der Waals surface area (Å²) in [6.07, 6.45) is 1.42. The summed E-state index contributed by atoms with van der Waals surface area (Å²) in [5.41, 5.74) is 2.03. The third-order valence-electron chi connectivity index (χ3n) is 7.08. The number of carbonyl (C=O) groups is 2. The van der Waals surface area contributed by atoms with Crippen molar-refractivity contribution in [2.45, 2.75) is 52.7 Å². The molecule has 0 bridgehead atoms. The highest BCUT2D eigenvalue weighted by atomic mass is 16.5. The summed E-state index contributed by atoms with van der Waals surface area (Å²) < 4.78 is 11.3. The Kier molecular flexibility index (Phi) is 8.07. The molecule has 0 saturated carbocycles. The topological polar surface area (TPSA) is 99.5 Å². The van der Waals surface area contributed by atoms with E-state index in [-0.39, 0.29) is 28.9 Å². The second-order valence-corrected chi connectivity index (χ2v) is 9.49. The van der Waals surface area contributed by atoms with E-state index in [2.05, 4.69) is 18.7 Å². The van der Waals surface area contributed by atoms with E-state index in [0.29, 0.717) is 37.1 Å². The first-order valence-electron chi connectivity index (χ1n) is 13.0. The second kappa shape index (κ2) is 11.3. The summed E-state index contributed by atoms with van der Waals surface area (Å²) >= 11 is 0. The Hall–Kier alpha value is -3.52. The van der Waals surface area contributed by atoms with E-state index in [4.69, 9.17) is 9.47 Å². The molecule has 0 spiro atoms. The fourth-order valence-electron chi connectivity index (χ4n) is 5.16. The van der Waals surface area contributed by atoms with Gasteiger partial charge in [-0.3, -0.25) is 9.59 Å². The first-order chi connectivity index (χ1) is 17.8. The van der Waals surface area contributed by atoms with Gasteiger partial charge in [-0.25, -0.2) is 0 Å². The van der Waals surface area contributed by atoms with Gasteiger partial charge in [-0.1, -0.05) is 19.9 Å².